The first-order valence-corrected chi connectivity index (χ1v) is 6.41. The zero-order chi connectivity index (χ0) is 14.1. The molecule has 0 saturated carbocycles. The first-order valence-electron chi connectivity index (χ1n) is 6.41. The van der Waals surface area contributed by atoms with E-state index in [1.807, 2.05) is 48.5 Å². The van der Waals surface area contributed by atoms with E-state index in [0.717, 1.165) is 16.5 Å². The van der Waals surface area contributed by atoms with Crippen LogP contribution in [0.15, 0.2) is 54.6 Å². The summed E-state index contributed by atoms with van der Waals surface area (Å²) in [5.74, 6) is 0. The molecule has 0 radical (unpaired) electrons. The van der Waals surface area contributed by atoms with E-state index in [9.17, 15) is 8.78 Å². The molecule has 1 nitrogen and oxygen atoms in total. The molecular formula is C17H13F2N. The van der Waals surface area contributed by atoms with Crippen LogP contribution in [0.4, 0.5) is 8.78 Å². The van der Waals surface area contributed by atoms with E-state index in [4.69, 9.17) is 0 Å². The standard InChI is InChI=1S/C17H13F2N/c1-11-15(12-7-3-2-4-8-12)13-9-5-6-10-14(13)20-16(11)17(18)19/h2-10,17H,1H3. The van der Waals surface area contributed by atoms with Crippen LogP contribution in [0.5, 0.6) is 0 Å². The molecule has 3 heteroatoms. The number of fused-ring (bicyclic) bond motifs is 1. The average Bonchev–Trinajstić information content (AvgIpc) is 2.47. The molecule has 0 saturated heterocycles. The van der Waals surface area contributed by atoms with Crippen LogP contribution in [-0.4, -0.2) is 4.98 Å². The van der Waals surface area contributed by atoms with Crippen LogP contribution < -0.4 is 0 Å². The molecule has 0 aliphatic rings. The molecule has 0 bridgehead atoms. The molecule has 3 aromatic rings. The van der Waals surface area contributed by atoms with Crippen molar-refractivity contribution < 1.29 is 8.78 Å². The number of benzene rings is 2. The number of pyridine rings is 1. The summed E-state index contributed by atoms with van der Waals surface area (Å²) in [6.45, 7) is 1.71. The smallest absolute Gasteiger partial charge is 0.246 e. The van der Waals surface area contributed by atoms with Crippen molar-refractivity contribution in [2.24, 2.45) is 0 Å². The highest BCUT2D eigenvalue weighted by Crippen LogP contribution is 2.35. The highest BCUT2D eigenvalue weighted by atomic mass is 19.3. The summed E-state index contributed by atoms with van der Waals surface area (Å²) in [7, 11) is 0. The van der Waals surface area contributed by atoms with Crippen LogP contribution in [0.25, 0.3) is 22.0 Å². The quantitative estimate of drug-likeness (QED) is 0.627. The molecule has 1 heterocycles. The second-order valence-corrected chi connectivity index (χ2v) is 4.68. The number of alkyl halides is 2. The lowest BCUT2D eigenvalue weighted by Crippen LogP contribution is -1.99. The molecule has 0 aliphatic carbocycles. The van der Waals surface area contributed by atoms with Gasteiger partial charge in [0, 0.05) is 5.39 Å². The fourth-order valence-corrected chi connectivity index (χ4v) is 2.52. The average molecular weight is 269 g/mol. The molecule has 0 amide bonds. The topological polar surface area (TPSA) is 12.9 Å². The number of nitrogens with zero attached hydrogens (tertiary/aromatic N) is 1. The number of rotatable bonds is 2. The Morgan fingerprint density at radius 3 is 2.25 bits per heavy atom. The van der Waals surface area contributed by atoms with E-state index in [1.54, 1.807) is 13.0 Å². The Hall–Kier alpha value is -2.29. The Morgan fingerprint density at radius 2 is 1.55 bits per heavy atom. The summed E-state index contributed by atoms with van der Waals surface area (Å²) in [6.07, 6.45) is -2.57. The fourth-order valence-electron chi connectivity index (χ4n) is 2.52. The Kier molecular flexibility index (Phi) is 3.18. The highest BCUT2D eigenvalue weighted by molar-refractivity contribution is 5.96. The summed E-state index contributed by atoms with van der Waals surface area (Å²) >= 11 is 0. The summed E-state index contributed by atoms with van der Waals surface area (Å²) < 4.78 is 26.4. The fraction of sp³-hybridized carbons (Fsp3) is 0.118. The van der Waals surface area contributed by atoms with Gasteiger partial charge in [-0.25, -0.2) is 13.8 Å². The van der Waals surface area contributed by atoms with Crippen LogP contribution in [0.3, 0.4) is 0 Å². The van der Waals surface area contributed by atoms with Gasteiger partial charge in [0.2, 0.25) is 0 Å². The summed E-state index contributed by atoms with van der Waals surface area (Å²) in [5, 5.41) is 0.903. The van der Waals surface area contributed by atoms with Crippen molar-refractivity contribution in [3.8, 4) is 11.1 Å². The second kappa shape index (κ2) is 5.00. The van der Waals surface area contributed by atoms with Crippen molar-refractivity contribution in [3.05, 3.63) is 65.9 Å². The molecule has 0 unspecified atom stereocenters. The largest absolute Gasteiger partial charge is 0.280 e. The van der Waals surface area contributed by atoms with Crippen molar-refractivity contribution in [2.75, 3.05) is 0 Å². The molecular weight excluding hydrogens is 256 g/mol. The van der Waals surface area contributed by atoms with Crippen LogP contribution in [0, 0.1) is 6.92 Å². The Labute approximate surface area is 115 Å². The minimum absolute atomic E-state index is 0.137. The zero-order valence-electron chi connectivity index (χ0n) is 11.0. The molecule has 2 aromatic carbocycles. The van der Waals surface area contributed by atoms with E-state index in [2.05, 4.69) is 4.98 Å². The second-order valence-electron chi connectivity index (χ2n) is 4.68. The molecule has 20 heavy (non-hydrogen) atoms. The molecule has 0 fully saturated rings. The molecule has 0 spiro atoms. The van der Waals surface area contributed by atoms with Crippen molar-refractivity contribution in [2.45, 2.75) is 13.3 Å². The SMILES string of the molecule is Cc1c(C(F)F)nc2ccccc2c1-c1ccccc1. The van der Waals surface area contributed by atoms with Crippen molar-refractivity contribution in [1.82, 2.24) is 4.98 Å². The predicted octanol–water partition coefficient (Wildman–Crippen LogP) is 5.15. The van der Waals surface area contributed by atoms with Gasteiger partial charge in [0.1, 0.15) is 5.69 Å². The monoisotopic (exact) mass is 269 g/mol. The van der Waals surface area contributed by atoms with Gasteiger partial charge < -0.3 is 0 Å². The van der Waals surface area contributed by atoms with Gasteiger partial charge in [0.15, 0.2) is 0 Å². The number of halogens is 2. The Bertz CT molecular complexity index is 752. The third kappa shape index (κ3) is 2.05. The number of hydrogen-bond acceptors (Lipinski definition) is 1. The first-order chi connectivity index (χ1) is 9.68. The maximum atomic E-state index is 13.2. The first kappa shape index (κ1) is 12.7. The van der Waals surface area contributed by atoms with Gasteiger partial charge in [0.05, 0.1) is 5.52 Å². The lowest BCUT2D eigenvalue weighted by atomic mass is 9.95. The number of hydrogen-bond donors (Lipinski definition) is 0. The van der Waals surface area contributed by atoms with Crippen molar-refractivity contribution in [1.29, 1.82) is 0 Å². The minimum atomic E-state index is -2.57. The minimum Gasteiger partial charge on any atom is -0.246 e. The van der Waals surface area contributed by atoms with Gasteiger partial charge in [-0.3, -0.25) is 0 Å². The van der Waals surface area contributed by atoms with Crippen LogP contribution in [0.1, 0.15) is 17.7 Å². The molecule has 3 rings (SSSR count). The maximum absolute atomic E-state index is 13.2. The molecule has 0 N–H and O–H groups in total. The van der Waals surface area contributed by atoms with E-state index in [-0.39, 0.29) is 5.69 Å². The van der Waals surface area contributed by atoms with Crippen molar-refractivity contribution >= 4 is 10.9 Å². The van der Waals surface area contributed by atoms with Gasteiger partial charge >= 0.3 is 0 Å². The van der Waals surface area contributed by atoms with Crippen molar-refractivity contribution in [3.63, 3.8) is 0 Å². The molecule has 100 valence electrons. The van der Waals surface area contributed by atoms with Gasteiger partial charge in [0.25, 0.3) is 6.43 Å². The third-order valence-corrected chi connectivity index (χ3v) is 3.44. The Balaban J connectivity index is 2.42. The normalized spacial score (nSPS) is 11.2. The van der Waals surface area contributed by atoms with Crippen LogP contribution in [-0.2, 0) is 0 Å². The molecule has 0 atom stereocenters. The van der Waals surface area contributed by atoms with Crippen LogP contribution in [0.2, 0.25) is 0 Å². The molecule has 0 aliphatic heterocycles. The zero-order valence-corrected chi connectivity index (χ0v) is 11.0. The lowest BCUT2D eigenvalue weighted by Gasteiger charge is -2.14. The number of para-hydroxylation sites is 1. The van der Waals surface area contributed by atoms with Gasteiger partial charge in [-0.05, 0) is 29.7 Å². The van der Waals surface area contributed by atoms with E-state index >= 15 is 0 Å². The summed E-state index contributed by atoms with van der Waals surface area (Å²) in [4.78, 5) is 4.11. The predicted molar refractivity (Wildman–Crippen MR) is 76.9 cm³/mol. The van der Waals surface area contributed by atoms with E-state index < -0.39 is 6.43 Å². The van der Waals surface area contributed by atoms with E-state index in [0.29, 0.717) is 11.1 Å². The maximum Gasteiger partial charge on any atom is 0.280 e. The lowest BCUT2D eigenvalue weighted by molar-refractivity contribution is 0.145. The van der Waals surface area contributed by atoms with Gasteiger partial charge in [-0.1, -0.05) is 48.5 Å². The highest BCUT2D eigenvalue weighted by Gasteiger charge is 2.18. The number of aromatic nitrogens is 1. The molecule has 1 aromatic heterocycles. The van der Waals surface area contributed by atoms with Gasteiger partial charge in [-0.2, -0.15) is 0 Å². The van der Waals surface area contributed by atoms with E-state index in [1.165, 1.54) is 0 Å². The summed E-state index contributed by atoms with van der Waals surface area (Å²) in [5.41, 5.74) is 2.79. The third-order valence-electron chi connectivity index (χ3n) is 3.44. The summed E-state index contributed by atoms with van der Waals surface area (Å²) in [6, 6.07) is 17.0. The van der Waals surface area contributed by atoms with Gasteiger partial charge in [-0.15, -0.1) is 0 Å². The van der Waals surface area contributed by atoms with Crippen LogP contribution >= 0.6 is 0 Å². The Morgan fingerprint density at radius 1 is 0.900 bits per heavy atom.